The van der Waals surface area contributed by atoms with Crippen molar-refractivity contribution < 1.29 is 9.53 Å². The summed E-state index contributed by atoms with van der Waals surface area (Å²) in [5.74, 6) is -0.134. The first kappa shape index (κ1) is 14.6. The summed E-state index contributed by atoms with van der Waals surface area (Å²) in [7, 11) is 1.61. The van der Waals surface area contributed by atoms with Gasteiger partial charge < -0.3 is 15.4 Å². The van der Waals surface area contributed by atoms with Crippen molar-refractivity contribution in [1.82, 2.24) is 19.9 Å². The summed E-state index contributed by atoms with van der Waals surface area (Å²) in [6, 6.07) is 0.0901. The van der Waals surface area contributed by atoms with Gasteiger partial charge in [-0.05, 0) is 13.8 Å². The highest BCUT2D eigenvalue weighted by Crippen LogP contribution is 2.05. The number of carbonyl (C=O) groups excluding carboxylic acids is 1. The predicted octanol–water partition coefficient (Wildman–Crippen LogP) is -0.266. The first-order chi connectivity index (χ1) is 8.60. The highest BCUT2D eigenvalue weighted by atomic mass is 16.5. The van der Waals surface area contributed by atoms with Gasteiger partial charge in [-0.1, -0.05) is 5.21 Å². The molecule has 0 atom stereocenters. The normalized spacial score (nSPS) is 10.9. The largest absolute Gasteiger partial charge is 0.383 e. The molecular formula is C11H21N5O2. The number of hydrogen-bond donors (Lipinski definition) is 1. The molecular weight excluding hydrogens is 234 g/mol. The van der Waals surface area contributed by atoms with Crippen molar-refractivity contribution in [2.24, 2.45) is 5.73 Å². The van der Waals surface area contributed by atoms with Crippen molar-refractivity contribution >= 4 is 5.91 Å². The van der Waals surface area contributed by atoms with Crippen LogP contribution in [0.5, 0.6) is 0 Å². The molecule has 0 spiro atoms. The van der Waals surface area contributed by atoms with Crippen molar-refractivity contribution in [3.8, 4) is 0 Å². The van der Waals surface area contributed by atoms with Crippen LogP contribution in [-0.4, -0.2) is 58.6 Å². The van der Waals surface area contributed by atoms with Crippen LogP contribution in [0, 0.1) is 0 Å². The average Bonchev–Trinajstić information content (AvgIpc) is 2.78. The smallest absolute Gasteiger partial charge is 0.276 e. The van der Waals surface area contributed by atoms with E-state index in [4.69, 9.17) is 10.5 Å². The van der Waals surface area contributed by atoms with Crippen LogP contribution in [-0.2, 0) is 11.3 Å². The Labute approximate surface area is 107 Å². The molecule has 7 heteroatoms. The lowest BCUT2D eigenvalue weighted by atomic mass is 10.3. The number of aromatic nitrogens is 3. The van der Waals surface area contributed by atoms with E-state index in [-0.39, 0.29) is 11.9 Å². The summed E-state index contributed by atoms with van der Waals surface area (Å²) in [5, 5.41) is 7.73. The second-order valence-corrected chi connectivity index (χ2v) is 4.24. The number of rotatable bonds is 7. The fourth-order valence-electron chi connectivity index (χ4n) is 1.57. The highest BCUT2D eigenvalue weighted by molar-refractivity contribution is 5.92. The van der Waals surface area contributed by atoms with Gasteiger partial charge in [-0.15, -0.1) is 5.10 Å². The van der Waals surface area contributed by atoms with Gasteiger partial charge in [0.1, 0.15) is 0 Å². The lowest BCUT2D eigenvalue weighted by Crippen LogP contribution is -2.39. The predicted molar refractivity (Wildman–Crippen MR) is 67.1 cm³/mol. The molecule has 0 aliphatic carbocycles. The Bertz CT molecular complexity index is 377. The molecule has 2 N–H and O–H groups in total. The Balaban J connectivity index is 2.74. The molecule has 0 radical (unpaired) electrons. The Kier molecular flexibility index (Phi) is 5.73. The minimum Gasteiger partial charge on any atom is -0.383 e. The zero-order chi connectivity index (χ0) is 13.5. The molecule has 1 amide bonds. The van der Waals surface area contributed by atoms with Gasteiger partial charge in [-0.25, -0.2) is 0 Å². The fraction of sp³-hybridized carbons (Fsp3) is 0.727. The van der Waals surface area contributed by atoms with Gasteiger partial charge >= 0.3 is 0 Å². The molecule has 1 aromatic rings. The van der Waals surface area contributed by atoms with Crippen LogP contribution < -0.4 is 5.73 Å². The molecule has 0 aliphatic heterocycles. The van der Waals surface area contributed by atoms with Gasteiger partial charge in [0.25, 0.3) is 5.91 Å². The Morgan fingerprint density at radius 2 is 2.33 bits per heavy atom. The number of hydrogen-bond acceptors (Lipinski definition) is 5. The average molecular weight is 255 g/mol. The number of nitrogens with zero attached hydrogens (tertiary/aromatic N) is 4. The van der Waals surface area contributed by atoms with E-state index in [0.29, 0.717) is 31.9 Å². The summed E-state index contributed by atoms with van der Waals surface area (Å²) in [5.41, 5.74) is 5.76. The van der Waals surface area contributed by atoms with E-state index < -0.39 is 0 Å². The van der Waals surface area contributed by atoms with Gasteiger partial charge in [0.15, 0.2) is 5.69 Å². The van der Waals surface area contributed by atoms with Crippen molar-refractivity contribution in [3.63, 3.8) is 0 Å². The van der Waals surface area contributed by atoms with Crippen molar-refractivity contribution in [2.45, 2.75) is 26.4 Å². The van der Waals surface area contributed by atoms with Gasteiger partial charge in [0.05, 0.1) is 19.3 Å². The third-order valence-corrected chi connectivity index (χ3v) is 2.54. The number of carbonyl (C=O) groups is 1. The lowest BCUT2D eigenvalue weighted by Gasteiger charge is -2.25. The molecule has 0 saturated carbocycles. The molecule has 0 aromatic carbocycles. The summed E-state index contributed by atoms with van der Waals surface area (Å²) < 4.78 is 6.57. The first-order valence-corrected chi connectivity index (χ1v) is 6.00. The molecule has 7 nitrogen and oxygen atoms in total. The van der Waals surface area contributed by atoms with E-state index in [1.54, 1.807) is 22.9 Å². The zero-order valence-electron chi connectivity index (χ0n) is 11.2. The third kappa shape index (κ3) is 3.78. The van der Waals surface area contributed by atoms with Crippen LogP contribution >= 0.6 is 0 Å². The van der Waals surface area contributed by atoms with Gasteiger partial charge in [-0.2, -0.15) is 0 Å². The minimum absolute atomic E-state index is 0.0901. The molecule has 0 fully saturated rings. The molecule has 18 heavy (non-hydrogen) atoms. The van der Waals surface area contributed by atoms with Gasteiger partial charge in [-0.3, -0.25) is 9.48 Å². The minimum atomic E-state index is -0.134. The first-order valence-electron chi connectivity index (χ1n) is 6.00. The van der Waals surface area contributed by atoms with E-state index in [0.717, 1.165) is 0 Å². The maximum atomic E-state index is 12.2. The van der Waals surface area contributed by atoms with E-state index in [1.807, 2.05) is 13.8 Å². The molecule has 1 aromatic heterocycles. The van der Waals surface area contributed by atoms with Gasteiger partial charge in [0, 0.05) is 26.2 Å². The summed E-state index contributed by atoms with van der Waals surface area (Å²) in [6.07, 6.45) is 1.62. The van der Waals surface area contributed by atoms with E-state index in [2.05, 4.69) is 10.3 Å². The molecule has 0 unspecified atom stereocenters. The van der Waals surface area contributed by atoms with Crippen LogP contribution in [0.25, 0.3) is 0 Å². The van der Waals surface area contributed by atoms with Crippen LogP contribution in [0.2, 0.25) is 0 Å². The van der Waals surface area contributed by atoms with Crippen LogP contribution in [0.4, 0.5) is 0 Å². The highest BCUT2D eigenvalue weighted by Gasteiger charge is 2.21. The molecule has 1 rings (SSSR count). The maximum Gasteiger partial charge on any atom is 0.276 e. The van der Waals surface area contributed by atoms with Crippen LogP contribution in [0.3, 0.4) is 0 Å². The molecule has 102 valence electrons. The summed E-state index contributed by atoms with van der Waals surface area (Å²) in [4.78, 5) is 13.9. The van der Waals surface area contributed by atoms with E-state index in [1.165, 1.54) is 0 Å². The molecule has 0 aliphatic rings. The topological polar surface area (TPSA) is 86.3 Å². The number of amides is 1. The fourth-order valence-corrected chi connectivity index (χ4v) is 1.57. The SMILES string of the molecule is COCCN(C(=O)c1cn(CCN)nn1)C(C)C. The second kappa shape index (κ2) is 7.07. The Morgan fingerprint density at radius 1 is 1.61 bits per heavy atom. The monoisotopic (exact) mass is 255 g/mol. The second-order valence-electron chi connectivity index (χ2n) is 4.24. The zero-order valence-corrected chi connectivity index (χ0v) is 11.2. The number of ether oxygens (including phenoxy) is 1. The third-order valence-electron chi connectivity index (χ3n) is 2.54. The van der Waals surface area contributed by atoms with Crippen molar-refractivity contribution in [3.05, 3.63) is 11.9 Å². The molecule has 0 bridgehead atoms. The number of methoxy groups -OCH3 is 1. The molecule has 1 heterocycles. The van der Waals surface area contributed by atoms with Crippen molar-refractivity contribution in [2.75, 3.05) is 26.8 Å². The maximum absolute atomic E-state index is 12.2. The summed E-state index contributed by atoms with van der Waals surface area (Å²) >= 11 is 0. The lowest BCUT2D eigenvalue weighted by molar-refractivity contribution is 0.0629. The Morgan fingerprint density at radius 3 is 2.89 bits per heavy atom. The Hall–Kier alpha value is -1.47. The van der Waals surface area contributed by atoms with Gasteiger partial charge in [0.2, 0.25) is 0 Å². The van der Waals surface area contributed by atoms with Crippen molar-refractivity contribution in [1.29, 1.82) is 0 Å². The van der Waals surface area contributed by atoms with Crippen LogP contribution in [0.15, 0.2) is 6.20 Å². The quantitative estimate of drug-likeness (QED) is 0.725. The standard InChI is InChI=1S/C11H21N5O2/c1-9(2)16(6-7-18-3)11(17)10-8-15(5-4-12)14-13-10/h8-9H,4-7,12H2,1-3H3. The summed E-state index contributed by atoms with van der Waals surface area (Å²) in [6.45, 7) is 5.97. The number of nitrogens with two attached hydrogens (primary N) is 1. The van der Waals surface area contributed by atoms with E-state index >= 15 is 0 Å². The van der Waals surface area contributed by atoms with Crippen LogP contribution in [0.1, 0.15) is 24.3 Å². The van der Waals surface area contributed by atoms with E-state index in [9.17, 15) is 4.79 Å². The molecule has 0 saturated heterocycles.